The number of carbonyl (C=O) groups excluding carboxylic acids is 1. The molecule has 4 aromatic carbocycles. The highest BCUT2D eigenvalue weighted by molar-refractivity contribution is 7.98. The molecular weight excluding hydrogens is 488 g/mol. The van der Waals surface area contributed by atoms with E-state index in [1.165, 1.54) is 7.11 Å². The average Bonchev–Trinajstić information content (AvgIpc) is 3.32. The Morgan fingerprint density at radius 1 is 0.833 bits per heavy atom. The second kappa shape index (κ2) is 10.9. The summed E-state index contributed by atoms with van der Waals surface area (Å²) in [5, 5.41) is 5.79. The second-order valence-electron chi connectivity index (χ2n) is 8.07. The molecule has 0 fully saturated rings. The Labute approximate surface area is 219 Å². The first-order valence-electron chi connectivity index (χ1n) is 11.4. The Kier molecular flexibility index (Phi) is 7.21. The highest BCUT2D eigenvalue weighted by Crippen LogP contribution is 2.39. The lowest BCUT2D eigenvalue weighted by atomic mass is 9.99. The van der Waals surface area contributed by atoms with Crippen molar-refractivity contribution < 1.29 is 9.53 Å². The fraction of sp³-hybridized carbons (Fsp3) is 0.0667. The molecule has 0 aliphatic heterocycles. The van der Waals surface area contributed by atoms with E-state index in [2.05, 4.69) is 12.1 Å². The molecule has 0 spiro atoms. The van der Waals surface area contributed by atoms with Gasteiger partial charge in [-0.2, -0.15) is 5.10 Å². The van der Waals surface area contributed by atoms with Crippen LogP contribution in [0.3, 0.4) is 0 Å². The highest BCUT2D eigenvalue weighted by Gasteiger charge is 2.23. The molecule has 36 heavy (non-hydrogen) atoms. The molecule has 0 aliphatic carbocycles. The third-order valence-corrected chi connectivity index (χ3v) is 7.16. The van der Waals surface area contributed by atoms with Gasteiger partial charge in [0, 0.05) is 26.8 Å². The molecule has 0 unspecified atom stereocenters. The lowest BCUT2D eigenvalue weighted by Gasteiger charge is -2.12. The van der Waals surface area contributed by atoms with E-state index in [1.807, 2.05) is 95.7 Å². The lowest BCUT2D eigenvalue weighted by molar-refractivity contribution is 0.0597. The van der Waals surface area contributed by atoms with Crippen LogP contribution in [0.4, 0.5) is 0 Å². The van der Waals surface area contributed by atoms with Crippen LogP contribution < -0.4 is 0 Å². The molecule has 178 valence electrons. The molecule has 0 saturated heterocycles. The monoisotopic (exact) mass is 510 g/mol. The SMILES string of the molecule is COC(=O)c1ccccc1SCc1c(-c2ccc(Cl)cc2)c(-c2ccccc2)nn1-c1ccccc1. The average molecular weight is 511 g/mol. The summed E-state index contributed by atoms with van der Waals surface area (Å²) in [6.45, 7) is 0. The lowest BCUT2D eigenvalue weighted by Crippen LogP contribution is -2.04. The summed E-state index contributed by atoms with van der Waals surface area (Å²) in [6, 6.07) is 35.6. The van der Waals surface area contributed by atoms with Crippen molar-refractivity contribution >= 4 is 29.3 Å². The molecule has 1 aromatic heterocycles. The van der Waals surface area contributed by atoms with Crippen LogP contribution in [0.5, 0.6) is 0 Å². The van der Waals surface area contributed by atoms with Gasteiger partial charge in [0.1, 0.15) is 5.69 Å². The van der Waals surface area contributed by atoms with E-state index in [0.29, 0.717) is 16.3 Å². The van der Waals surface area contributed by atoms with Crippen molar-refractivity contribution in [3.8, 4) is 28.1 Å². The van der Waals surface area contributed by atoms with Crippen molar-refractivity contribution in [1.82, 2.24) is 9.78 Å². The van der Waals surface area contributed by atoms with E-state index in [1.54, 1.807) is 17.8 Å². The van der Waals surface area contributed by atoms with Gasteiger partial charge in [-0.05, 0) is 42.0 Å². The normalized spacial score (nSPS) is 10.8. The number of halogens is 1. The minimum Gasteiger partial charge on any atom is -0.465 e. The number of benzene rings is 4. The van der Waals surface area contributed by atoms with Crippen LogP contribution in [0.2, 0.25) is 5.02 Å². The summed E-state index contributed by atoms with van der Waals surface area (Å²) in [6.07, 6.45) is 0. The maximum absolute atomic E-state index is 12.4. The standard InChI is InChI=1S/C30H23ClN2O2S/c1-35-30(34)25-14-8-9-15-27(25)36-20-26-28(21-16-18-23(31)19-17-21)29(22-10-4-2-5-11-22)32-33(26)24-12-6-3-7-13-24/h2-19H,20H2,1H3. The number of esters is 1. The molecule has 5 rings (SSSR count). The Morgan fingerprint density at radius 3 is 2.17 bits per heavy atom. The third kappa shape index (κ3) is 4.94. The van der Waals surface area contributed by atoms with Crippen LogP contribution in [0.15, 0.2) is 114 Å². The van der Waals surface area contributed by atoms with E-state index in [-0.39, 0.29) is 5.97 Å². The molecule has 0 saturated carbocycles. The minimum absolute atomic E-state index is 0.349. The number of aromatic nitrogens is 2. The fourth-order valence-electron chi connectivity index (χ4n) is 4.10. The molecule has 0 bridgehead atoms. The molecule has 0 aliphatic rings. The van der Waals surface area contributed by atoms with E-state index in [4.69, 9.17) is 21.4 Å². The van der Waals surface area contributed by atoms with Crippen LogP contribution in [-0.4, -0.2) is 22.9 Å². The molecule has 0 radical (unpaired) electrons. The van der Waals surface area contributed by atoms with Gasteiger partial charge in [0.2, 0.25) is 0 Å². The van der Waals surface area contributed by atoms with Crippen LogP contribution in [0.25, 0.3) is 28.1 Å². The Hall–Kier alpha value is -3.80. The quantitative estimate of drug-likeness (QED) is 0.165. The minimum atomic E-state index is -0.349. The summed E-state index contributed by atoms with van der Waals surface area (Å²) >= 11 is 7.82. The van der Waals surface area contributed by atoms with E-state index in [0.717, 1.165) is 38.7 Å². The predicted octanol–water partition coefficient (Wildman–Crippen LogP) is 7.94. The maximum atomic E-state index is 12.4. The number of methoxy groups -OCH3 is 1. The first-order valence-corrected chi connectivity index (χ1v) is 12.8. The molecule has 4 nitrogen and oxygen atoms in total. The smallest absolute Gasteiger partial charge is 0.338 e. The predicted molar refractivity (Wildman–Crippen MR) is 147 cm³/mol. The zero-order chi connectivity index (χ0) is 24.9. The molecular formula is C30H23ClN2O2S. The number of carbonyl (C=O) groups is 1. The number of ether oxygens (including phenoxy) is 1. The van der Waals surface area contributed by atoms with Crippen LogP contribution >= 0.6 is 23.4 Å². The summed E-state index contributed by atoms with van der Waals surface area (Å²) < 4.78 is 7.01. The zero-order valence-electron chi connectivity index (χ0n) is 19.6. The maximum Gasteiger partial charge on any atom is 0.338 e. The van der Waals surface area contributed by atoms with Gasteiger partial charge in [-0.3, -0.25) is 0 Å². The Bertz CT molecular complexity index is 1480. The molecule has 5 aromatic rings. The first-order chi connectivity index (χ1) is 17.7. The van der Waals surface area contributed by atoms with Gasteiger partial charge in [0.25, 0.3) is 0 Å². The Balaban J connectivity index is 1.69. The summed E-state index contributed by atoms with van der Waals surface area (Å²) in [5.41, 5.74) is 6.50. The molecule has 0 N–H and O–H groups in total. The van der Waals surface area contributed by atoms with Crippen LogP contribution in [-0.2, 0) is 10.5 Å². The van der Waals surface area contributed by atoms with Gasteiger partial charge >= 0.3 is 5.97 Å². The highest BCUT2D eigenvalue weighted by atomic mass is 35.5. The molecule has 1 heterocycles. The zero-order valence-corrected chi connectivity index (χ0v) is 21.2. The summed E-state index contributed by atoms with van der Waals surface area (Å²) in [7, 11) is 1.40. The van der Waals surface area contributed by atoms with E-state index in [9.17, 15) is 4.79 Å². The van der Waals surface area contributed by atoms with Crippen molar-refractivity contribution in [2.45, 2.75) is 10.6 Å². The van der Waals surface area contributed by atoms with Gasteiger partial charge < -0.3 is 4.74 Å². The van der Waals surface area contributed by atoms with Crippen LogP contribution in [0.1, 0.15) is 16.1 Å². The van der Waals surface area contributed by atoms with E-state index < -0.39 is 0 Å². The number of para-hydroxylation sites is 1. The van der Waals surface area contributed by atoms with Crippen molar-refractivity contribution in [2.24, 2.45) is 0 Å². The first kappa shape index (κ1) is 23.9. The number of rotatable bonds is 7. The van der Waals surface area contributed by atoms with Crippen molar-refractivity contribution in [2.75, 3.05) is 7.11 Å². The van der Waals surface area contributed by atoms with Crippen LogP contribution in [0, 0.1) is 0 Å². The summed E-state index contributed by atoms with van der Waals surface area (Å²) in [4.78, 5) is 13.2. The van der Waals surface area contributed by atoms with Crippen molar-refractivity contribution in [3.05, 3.63) is 125 Å². The second-order valence-corrected chi connectivity index (χ2v) is 9.52. The number of thioether (sulfide) groups is 1. The number of hydrogen-bond donors (Lipinski definition) is 0. The van der Waals surface area contributed by atoms with Gasteiger partial charge in [-0.15, -0.1) is 11.8 Å². The summed E-state index contributed by atoms with van der Waals surface area (Å²) in [5.74, 6) is 0.235. The van der Waals surface area contributed by atoms with E-state index >= 15 is 0 Å². The number of hydrogen-bond acceptors (Lipinski definition) is 4. The molecule has 0 atom stereocenters. The topological polar surface area (TPSA) is 44.1 Å². The molecule has 0 amide bonds. The van der Waals surface area contributed by atoms with Gasteiger partial charge in [0.15, 0.2) is 0 Å². The van der Waals surface area contributed by atoms with Gasteiger partial charge in [-0.25, -0.2) is 9.48 Å². The fourth-order valence-corrected chi connectivity index (χ4v) is 5.27. The number of nitrogens with zero attached hydrogens (tertiary/aromatic N) is 2. The largest absolute Gasteiger partial charge is 0.465 e. The molecule has 6 heteroatoms. The third-order valence-electron chi connectivity index (χ3n) is 5.82. The van der Waals surface area contributed by atoms with Crippen molar-refractivity contribution in [1.29, 1.82) is 0 Å². The van der Waals surface area contributed by atoms with Crippen molar-refractivity contribution in [3.63, 3.8) is 0 Å². The Morgan fingerprint density at radius 2 is 1.47 bits per heavy atom. The van der Waals surface area contributed by atoms with Gasteiger partial charge in [-0.1, -0.05) is 84.4 Å². The van der Waals surface area contributed by atoms with Gasteiger partial charge in [0.05, 0.1) is 24.1 Å².